The number of nitrogens with two attached hydrogens (primary N) is 1. The number of benzene rings is 1. The summed E-state index contributed by atoms with van der Waals surface area (Å²) in [5, 5.41) is 19.8. The van der Waals surface area contributed by atoms with Gasteiger partial charge in [-0.3, -0.25) is 10.8 Å². The van der Waals surface area contributed by atoms with Crippen LogP contribution in [0.2, 0.25) is 5.02 Å². The van der Waals surface area contributed by atoms with Crippen LogP contribution in [0.1, 0.15) is 0 Å². The van der Waals surface area contributed by atoms with E-state index in [2.05, 4.69) is 26.5 Å². The van der Waals surface area contributed by atoms with E-state index in [-0.39, 0.29) is 5.71 Å². The van der Waals surface area contributed by atoms with Gasteiger partial charge >= 0.3 is 0 Å². The van der Waals surface area contributed by atoms with Gasteiger partial charge < -0.3 is 10.5 Å². The molecule has 0 radical (unpaired) electrons. The quantitative estimate of drug-likeness (QED) is 0.447. The summed E-state index contributed by atoms with van der Waals surface area (Å²) in [6.45, 7) is 0. The molecule has 0 atom stereocenters. The number of amidine groups is 1. The van der Waals surface area contributed by atoms with Crippen LogP contribution in [0.5, 0.6) is 5.75 Å². The lowest BCUT2D eigenvalue weighted by atomic mass is 10.3. The molecule has 0 spiro atoms. The van der Waals surface area contributed by atoms with Gasteiger partial charge in [-0.2, -0.15) is 10.4 Å². The number of anilines is 1. The van der Waals surface area contributed by atoms with Crippen LogP contribution in [-0.4, -0.2) is 18.7 Å². The van der Waals surface area contributed by atoms with Crippen LogP contribution in [-0.2, 0) is 0 Å². The molecule has 0 aromatic heterocycles. The monoisotopic (exact) mass is 329 g/mol. The molecule has 0 aliphatic heterocycles. The first-order valence-electron chi connectivity index (χ1n) is 4.60. The molecule has 0 aliphatic carbocycles. The predicted octanol–water partition coefficient (Wildman–Crippen LogP) is 2.34. The summed E-state index contributed by atoms with van der Waals surface area (Å²) in [4.78, 5) is 0. The van der Waals surface area contributed by atoms with E-state index in [9.17, 15) is 0 Å². The van der Waals surface area contributed by atoms with E-state index in [0.717, 1.165) is 0 Å². The van der Waals surface area contributed by atoms with E-state index in [4.69, 9.17) is 32.7 Å². The zero-order valence-electron chi connectivity index (χ0n) is 9.29. The Morgan fingerprint density at radius 3 is 2.78 bits per heavy atom. The summed E-state index contributed by atoms with van der Waals surface area (Å²) < 4.78 is 5.70. The average molecular weight is 331 g/mol. The number of hydrogen-bond donors (Lipinski definition) is 3. The third kappa shape index (κ3) is 3.35. The molecule has 0 aliphatic rings. The molecule has 0 unspecified atom stereocenters. The summed E-state index contributed by atoms with van der Waals surface area (Å²) in [6, 6.07) is 4.94. The number of nitrogens with one attached hydrogen (secondary N) is 2. The highest BCUT2D eigenvalue weighted by Gasteiger charge is 2.08. The van der Waals surface area contributed by atoms with Gasteiger partial charge in [-0.05, 0) is 28.1 Å². The molecule has 0 fully saturated rings. The minimum atomic E-state index is -0.413. The summed E-state index contributed by atoms with van der Waals surface area (Å²) >= 11 is 9.25. The van der Waals surface area contributed by atoms with E-state index in [1.807, 2.05) is 0 Å². The topological polar surface area (TPSA) is 107 Å². The van der Waals surface area contributed by atoms with Crippen molar-refractivity contribution in [1.82, 2.24) is 0 Å². The minimum Gasteiger partial charge on any atom is -0.494 e. The normalized spacial score (nSPS) is 10.7. The van der Waals surface area contributed by atoms with E-state index in [0.29, 0.717) is 20.9 Å². The van der Waals surface area contributed by atoms with Crippen LogP contribution >= 0.6 is 27.5 Å². The molecule has 0 heterocycles. The summed E-state index contributed by atoms with van der Waals surface area (Å²) in [7, 11) is 1.50. The van der Waals surface area contributed by atoms with Gasteiger partial charge in [-0.25, -0.2) is 0 Å². The lowest BCUT2D eigenvalue weighted by Crippen LogP contribution is -2.21. The maximum Gasteiger partial charge on any atom is 0.201 e. The van der Waals surface area contributed by atoms with Gasteiger partial charge in [0.05, 0.1) is 22.3 Å². The lowest BCUT2D eigenvalue weighted by molar-refractivity contribution is 0.412. The molecule has 4 N–H and O–H groups in total. The number of methoxy groups -OCH3 is 1. The van der Waals surface area contributed by atoms with Crippen molar-refractivity contribution in [3.8, 4) is 11.8 Å². The molecular formula is C10H9BrClN5O. The van der Waals surface area contributed by atoms with Crippen molar-refractivity contribution in [3.63, 3.8) is 0 Å². The first-order chi connectivity index (χ1) is 8.49. The van der Waals surface area contributed by atoms with Gasteiger partial charge in [0.15, 0.2) is 11.6 Å². The Bertz CT molecular complexity index is 529. The standard InChI is InChI=1S/C10H9BrClN5O/c1-18-9-6(11)2-5(3-7(9)12)16-17-8(4-13)10(14)15/h2-3,16H,1H3,(H3,14,15)/b17-8+. The molecule has 94 valence electrons. The Balaban J connectivity index is 3.01. The molecule has 8 heteroatoms. The molecular weight excluding hydrogens is 322 g/mol. The highest BCUT2D eigenvalue weighted by molar-refractivity contribution is 9.10. The van der Waals surface area contributed by atoms with Crippen molar-refractivity contribution in [2.45, 2.75) is 0 Å². The number of rotatable bonds is 4. The maximum absolute atomic E-state index is 8.67. The Labute approximate surface area is 117 Å². The second-order valence-corrected chi connectivity index (χ2v) is 4.33. The van der Waals surface area contributed by atoms with Crippen LogP contribution in [0.3, 0.4) is 0 Å². The first-order valence-corrected chi connectivity index (χ1v) is 5.78. The predicted molar refractivity (Wildman–Crippen MR) is 74.3 cm³/mol. The van der Waals surface area contributed by atoms with Crippen molar-refractivity contribution >= 4 is 44.8 Å². The van der Waals surface area contributed by atoms with Crippen molar-refractivity contribution in [3.05, 3.63) is 21.6 Å². The van der Waals surface area contributed by atoms with E-state index < -0.39 is 5.84 Å². The zero-order valence-corrected chi connectivity index (χ0v) is 11.6. The van der Waals surface area contributed by atoms with E-state index in [1.165, 1.54) is 7.11 Å². The smallest absolute Gasteiger partial charge is 0.201 e. The van der Waals surface area contributed by atoms with Gasteiger partial charge in [0.2, 0.25) is 5.71 Å². The highest BCUT2D eigenvalue weighted by atomic mass is 79.9. The molecule has 0 amide bonds. The van der Waals surface area contributed by atoms with Gasteiger partial charge in [-0.15, -0.1) is 0 Å². The molecule has 1 aromatic carbocycles. The summed E-state index contributed by atoms with van der Waals surface area (Å²) in [5.74, 6) is 0.0851. The Morgan fingerprint density at radius 2 is 2.33 bits per heavy atom. The van der Waals surface area contributed by atoms with Gasteiger partial charge in [0, 0.05) is 0 Å². The van der Waals surface area contributed by atoms with E-state index >= 15 is 0 Å². The number of nitrogens with zero attached hydrogens (tertiary/aromatic N) is 2. The summed E-state index contributed by atoms with van der Waals surface area (Å²) in [5.41, 5.74) is 8.06. The van der Waals surface area contributed by atoms with Crippen LogP contribution in [0.4, 0.5) is 5.69 Å². The Morgan fingerprint density at radius 1 is 1.67 bits per heavy atom. The van der Waals surface area contributed by atoms with Gasteiger partial charge in [-0.1, -0.05) is 11.6 Å². The van der Waals surface area contributed by atoms with Crippen molar-refractivity contribution < 1.29 is 4.74 Å². The maximum atomic E-state index is 8.67. The second-order valence-electron chi connectivity index (χ2n) is 3.07. The van der Waals surface area contributed by atoms with E-state index in [1.54, 1.807) is 18.2 Å². The summed E-state index contributed by atoms with van der Waals surface area (Å²) in [6.07, 6.45) is 0. The molecule has 0 saturated carbocycles. The van der Waals surface area contributed by atoms with Gasteiger partial charge in [0.25, 0.3) is 0 Å². The number of ether oxygens (including phenoxy) is 1. The van der Waals surface area contributed by atoms with Crippen molar-refractivity contribution in [1.29, 1.82) is 10.7 Å². The van der Waals surface area contributed by atoms with Crippen molar-refractivity contribution in [2.24, 2.45) is 10.8 Å². The lowest BCUT2D eigenvalue weighted by Gasteiger charge is -2.08. The second kappa shape index (κ2) is 6.23. The van der Waals surface area contributed by atoms with Crippen LogP contribution in [0.25, 0.3) is 0 Å². The number of halogens is 2. The first kappa shape index (κ1) is 14.3. The Hall–Kier alpha value is -1.78. The van der Waals surface area contributed by atoms with Crippen LogP contribution in [0, 0.1) is 16.7 Å². The molecule has 18 heavy (non-hydrogen) atoms. The molecule has 0 saturated heterocycles. The zero-order chi connectivity index (χ0) is 13.7. The fraction of sp³-hybridized carbons (Fsp3) is 0.100. The third-order valence-corrected chi connectivity index (χ3v) is 2.73. The molecule has 0 bridgehead atoms. The number of hydrazone groups is 1. The average Bonchev–Trinajstić information content (AvgIpc) is 2.29. The van der Waals surface area contributed by atoms with Crippen LogP contribution < -0.4 is 15.9 Å². The largest absolute Gasteiger partial charge is 0.494 e. The van der Waals surface area contributed by atoms with Crippen LogP contribution in [0.15, 0.2) is 21.7 Å². The third-order valence-electron chi connectivity index (χ3n) is 1.86. The fourth-order valence-corrected chi connectivity index (χ4v) is 2.12. The highest BCUT2D eigenvalue weighted by Crippen LogP contribution is 2.35. The minimum absolute atomic E-state index is 0.210. The van der Waals surface area contributed by atoms with Crippen molar-refractivity contribution in [2.75, 3.05) is 12.5 Å². The Kier molecular flexibility index (Phi) is 4.95. The molecule has 1 rings (SSSR count). The molecule has 1 aromatic rings. The SMILES string of the molecule is COc1c(Cl)cc(N/N=C(\C#N)C(=N)N)cc1Br. The van der Waals surface area contributed by atoms with Gasteiger partial charge in [0.1, 0.15) is 6.07 Å². The number of hydrogen-bond acceptors (Lipinski definition) is 5. The fourth-order valence-electron chi connectivity index (χ4n) is 1.09. The molecule has 6 nitrogen and oxygen atoms in total. The number of nitriles is 1.